The monoisotopic (exact) mass is 264 g/mol. The Labute approximate surface area is 115 Å². The van der Waals surface area contributed by atoms with Gasteiger partial charge in [0, 0.05) is 19.2 Å². The molecule has 1 aromatic rings. The van der Waals surface area contributed by atoms with Crippen LogP contribution >= 0.6 is 0 Å². The van der Waals surface area contributed by atoms with Gasteiger partial charge in [0.05, 0.1) is 7.11 Å². The highest BCUT2D eigenvalue weighted by Crippen LogP contribution is 2.30. The third-order valence-corrected chi connectivity index (χ3v) is 4.04. The Hall–Kier alpha value is -1.36. The lowest BCUT2D eigenvalue weighted by Gasteiger charge is -2.38. The Morgan fingerprint density at radius 1 is 1.37 bits per heavy atom. The number of aryl methyl sites for hydroxylation is 1. The highest BCUT2D eigenvalue weighted by atomic mass is 16.5. The zero-order chi connectivity index (χ0) is 13.8. The van der Waals surface area contributed by atoms with E-state index in [9.17, 15) is 0 Å². The Morgan fingerprint density at radius 2 is 2.11 bits per heavy atom. The van der Waals surface area contributed by atoms with Gasteiger partial charge >= 0.3 is 0 Å². The van der Waals surface area contributed by atoms with Gasteiger partial charge < -0.3 is 15.4 Å². The summed E-state index contributed by atoms with van der Waals surface area (Å²) in [7, 11) is 3.73. The van der Waals surface area contributed by atoms with Crippen LogP contribution in [0.4, 0.5) is 5.82 Å². The number of hydrogen-bond donors (Lipinski definition) is 1. The van der Waals surface area contributed by atoms with E-state index < -0.39 is 0 Å². The lowest BCUT2D eigenvalue weighted by atomic mass is 9.84. The van der Waals surface area contributed by atoms with Crippen molar-refractivity contribution in [3.63, 3.8) is 0 Å². The molecule has 1 aromatic heterocycles. The van der Waals surface area contributed by atoms with E-state index in [0.717, 1.165) is 18.2 Å². The maximum Gasteiger partial charge on any atom is 0.218 e. The van der Waals surface area contributed by atoms with Crippen molar-refractivity contribution in [1.29, 1.82) is 0 Å². The Bertz CT molecular complexity index is 424. The van der Waals surface area contributed by atoms with Gasteiger partial charge in [-0.25, -0.2) is 4.98 Å². The van der Waals surface area contributed by atoms with Crippen LogP contribution in [0.3, 0.4) is 0 Å². The van der Waals surface area contributed by atoms with Gasteiger partial charge in [0.1, 0.15) is 11.6 Å². The first kappa shape index (κ1) is 14.1. The molecule has 0 amide bonds. The summed E-state index contributed by atoms with van der Waals surface area (Å²) in [5, 5.41) is 0. The van der Waals surface area contributed by atoms with E-state index in [0.29, 0.717) is 17.8 Å². The van der Waals surface area contributed by atoms with Crippen molar-refractivity contribution in [1.82, 2.24) is 9.97 Å². The van der Waals surface area contributed by atoms with Crippen LogP contribution in [-0.4, -0.2) is 36.7 Å². The van der Waals surface area contributed by atoms with Gasteiger partial charge in [0.15, 0.2) is 0 Å². The Balaban J connectivity index is 2.22. The van der Waals surface area contributed by atoms with Crippen LogP contribution in [-0.2, 0) is 0 Å². The quantitative estimate of drug-likeness (QED) is 0.897. The smallest absolute Gasteiger partial charge is 0.218 e. The maximum absolute atomic E-state index is 5.91. The molecular formula is C14H24N4O. The lowest BCUT2D eigenvalue weighted by molar-refractivity contribution is 0.305. The molecule has 0 radical (unpaired) electrons. The summed E-state index contributed by atoms with van der Waals surface area (Å²) in [6, 6.07) is 2.37. The van der Waals surface area contributed by atoms with Crippen LogP contribution in [0.25, 0.3) is 0 Å². The third-order valence-electron chi connectivity index (χ3n) is 4.04. The second kappa shape index (κ2) is 6.19. The first-order chi connectivity index (χ1) is 9.15. The highest BCUT2D eigenvalue weighted by molar-refractivity contribution is 5.42. The molecule has 0 saturated heterocycles. The number of aromatic nitrogens is 2. The van der Waals surface area contributed by atoms with Gasteiger partial charge in [-0.15, -0.1) is 0 Å². The molecule has 1 aliphatic rings. The summed E-state index contributed by atoms with van der Waals surface area (Å²) in [6.07, 6.45) is 4.96. The molecule has 5 heteroatoms. The van der Waals surface area contributed by atoms with Gasteiger partial charge in [-0.1, -0.05) is 12.8 Å². The summed E-state index contributed by atoms with van der Waals surface area (Å²) >= 11 is 0. The normalized spacial score (nSPS) is 23.2. The van der Waals surface area contributed by atoms with Crippen LogP contribution in [0.15, 0.2) is 6.07 Å². The van der Waals surface area contributed by atoms with Crippen molar-refractivity contribution >= 4 is 5.82 Å². The Kier molecular flexibility index (Phi) is 4.58. The second-order valence-corrected chi connectivity index (χ2v) is 5.27. The second-order valence-electron chi connectivity index (χ2n) is 5.27. The van der Waals surface area contributed by atoms with Crippen molar-refractivity contribution < 1.29 is 4.74 Å². The van der Waals surface area contributed by atoms with Crippen molar-refractivity contribution in [3.8, 4) is 5.88 Å². The molecule has 2 unspecified atom stereocenters. The Morgan fingerprint density at radius 3 is 2.79 bits per heavy atom. The molecule has 2 N–H and O–H groups in total. The predicted molar refractivity (Wildman–Crippen MR) is 76.5 cm³/mol. The number of methoxy groups -OCH3 is 1. The largest absolute Gasteiger partial charge is 0.481 e. The van der Waals surface area contributed by atoms with Gasteiger partial charge in [-0.3, -0.25) is 0 Å². The van der Waals surface area contributed by atoms with E-state index >= 15 is 0 Å². The summed E-state index contributed by atoms with van der Waals surface area (Å²) < 4.78 is 5.22. The van der Waals surface area contributed by atoms with Gasteiger partial charge in [0.25, 0.3) is 0 Å². The average molecular weight is 264 g/mol. The van der Waals surface area contributed by atoms with Gasteiger partial charge in [-0.2, -0.15) is 4.98 Å². The molecule has 0 aliphatic heterocycles. The number of anilines is 1. The molecule has 1 heterocycles. The van der Waals surface area contributed by atoms with E-state index in [1.807, 2.05) is 13.0 Å². The van der Waals surface area contributed by atoms with Crippen molar-refractivity contribution in [2.45, 2.75) is 38.6 Å². The third kappa shape index (κ3) is 3.15. The van der Waals surface area contributed by atoms with E-state index in [4.69, 9.17) is 10.5 Å². The molecule has 1 aliphatic carbocycles. The topological polar surface area (TPSA) is 64.3 Å². The van der Waals surface area contributed by atoms with E-state index in [-0.39, 0.29) is 0 Å². The lowest BCUT2D eigenvalue weighted by Crippen LogP contribution is -2.43. The van der Waals surface area contributed by atoms with Crippen molar-refractivity contribution in [2.75, 3.05) is 25.6 Å². The maximum atomic E-state index is 5.91. The zero-order valence-corrected chi connectivity index (χ0v) is 12.1. The molecule has 0 spiro atoms. The number of nitrogens with two attached hydrogens (primary N) is 1. The standard InChI is InChI=1S/C14H24N4O/c1-10-16-13(8-14(17-10)19-3)18(2)12-7-5-4-6-11(12)9-15/h8,11-12H,4-7,9,15H2,1-3H3. The fraction of sp³-hybridized carbons (Fsp3) is 0.714. The number of hydrogen-bond acceptors (Lipinski definition) is 5. The van der Waals surface area contributed by atoms with E-state index in [2.05, 4.69) is 21.9 Å². The molecule has 1 fully saturated rings. The zero-order valence-electron chi connectivity index (χ0n) is 12.1. The molecule has 0 bridgehead atoms. The minimum Gasteiger partial charge on any atom is -0.481 e. The molecule has 0 aromatic carbocycles. The predicted octanol–water partition coefficient (Wildman–Crippen LogP) is 1.75. The molecule has 106 valence electrons. The first-order valence-corrected chi connectivity index (χ1v) is 6.98. The van der Waals surface area contributed by atoms with Crippen LogP contribution < -0.4 is 15.4 Å². The fourth-order valence-electron chi connectivity index (χ4n) is 2.95. The first-order valence-electron chi connectivity index (χ1n) is 6.98. The molecule has 2 atom stereocenters. The number of ether oxygens (including phenoxy) is 1. The van der Waals surface area contributed by atoms with Gasteiger partial charge in [-0.05, 0) is 32.2 Å². The van der Waals surface area contributed by atoms with Crippen molar-refractivity contribution in [2.24, 2.45) is 11.7 Å². The summed E-state index contributed by atoms with van der Waals surface area (Å²) in [4.78, 5) is 11.0. The number of rotatable bonds is 4. The highest BCUT2D eigenvalue weighted by Gasteiger charge is 2.28. The molecule has 5 nitrogen and oxygen atoms in total. The minimum absolute atomic E-state index is 0.470. The SMILES string of the molecule is COc1cc(N(C)C2CCCCC2CN)nc(C)n1. The van der Waals surface area contributed by atoms with Crippen molar-refractivity contribution in [3.05, 3.63) is 11.9 Å². The number of nitrogens with zero attached hydrogens (tertiary/aromatic N) is 3. The molecule has 2 rings (SSSR count). The fourth-order valence-corrected chi connectivity index (χ4v) is 2.95. The molecular weight excluding hydrogens is 240 g/mol. The van der Waals surface area contributed by atoms with Crippen LogP contribution in [0.1, 0.15) is 31.5 Å². The van der Waals surface area contributed by atoms with Gasteiger partial charge in [0.2, 0.25) is 5.88 Å². The molecule has 1 saturated carbocycles. The average Bonchev–Trinajstić information content (AvgIpc) is 2.45. The van der Waals surface area contributed by atoms with E-state index in [1.165, 1.54) is 25.7 Å². The van der Waals surface area contributed by atoms with Crippen LogP contribution in [0.2, 0.25) is 0 Å². The van der Waals surface area contributed by atoms with Crippen LogP contribution in [0, 0.1) is 12.8 Å². The van der Waals surface area contributed by atoms with Crippen LogP contribution in [0.5, 0.6) is 5.88 Å². The summed E-state index contributed by atoms with van der Waals surface area (Å²) in [6.45, 7) is 2.64. The summed E-state index contributed by atoms with van der Waals surface area (Å²) in [5.41, 5.74) is 5.91. The van der Waals surface area contributed by atoms with E-state index in [1.54, 1.807) is 7.11 Å². The summed E-state index contributed by atoms with van der Waals surface area (Å²) in [5.74, 6) is 2.84. The molecule has 19 heavy (non-hydrogen) atoms. The minimum atomic E-state index is 0.470.